The fraction of sp³-hybridized carbons (Fsp3) is 0.250. The lowest BCUT2D eigenvalue weighted by atomic mass is 10.1. The number of benzene rings is 2. The molecule has 0 radical (unpaired) electrons. The number of ether oxygens (including phenoxy) is 2. The monoisotopic (exact) mass is 325 g/mol. The van der Waals surface area contributed by atoms with E-state index in [0.29, 0.717) is 35.6 Å². The molecule has 2 aromatic carbocycles. The molecule has 3 nitrogen and oxygen atoms in total. The number of rotatable bonds is 7. The molecule has 21 heavy (non-hydrogen) atoms. The van der Waals surface area contributed by atoms with Gasteiger partial charge in [-0.3, -0.25) is 0 Å². The summed E-state index contributed by atoms with van der Waals surface area (Å²) >= 11 is 12.0. The second-order valence-corrected chi connectivity index (χ2v) is 5.24. The van der Waals surface area contributed by atoms with Crippen molar-refractivity contribution >= 4 is 23.2 Å². The van der Waals surface area contributed by atoms with Crippen molar-refractivity contribution in [3.63, 3.8) is 0 Å². The highest BCUT2D eigenvalue weighted by atomic mass is 35.5. The molecule has 112 valence electrons. The Morgan fingerprint density at radius 3 is 2.10 bits per heavy atom. The molecule has 0 aromatic heterocycles. The van der Waals surface area contributed by atoms with E-state index in [1.807, 2.05) is 24.3 Å². The van der Waals surface area contributed by atoms with Crippen LogP contribution in [0.2, 0.25) is 10.0 Å². The van der Waals surface area contributed by atoms with Crippen molar-refractivity contribution in [2.24, 2.45) is 5.73 Å². The fourth-order valence-electron chi connectivity index (χ4n) is 1.84. The van der Waals surface area contributed by atoms with Crippen LogP contribution in [0.1, 0.15) is 5.56 Å². The van der Waals surface area contributed by atoms with E-state index in [1.165, 1.54) is 5.56 Å². The molecule has 0 amide bonds. The molecule has 0 heterocycles. The smallest absolute Gasteiger partial charge is 0.156 e. The van der Waals surface area contributed by atoms with Gasteiger partial charge in [-0.15, -0.1) is 0 Å². The van der Waals surface area contributed by atoms with Gasteiger partial charge >= 0.3 is 0 Å². The van der Waals surface area contributed by atoms with Crippen molar-refractivity contribution in [2.45, 2.75) is 6.42 Å². The van der Waals surface area contributed by atoms with E-state index in [0.717, 1.165) is 12.2 Å². The van der Waals surface area contributed by atoms with E-state index < -0.39 is 0 Å². The lowest BCUT2D eigenvalue weighted by molar-refractivity contribution is 0.217. The summed E-state index contributed by atoms with van der Waals surface area (Å²) < 4.78 is 11.1. The minimum atomic E-state index is 0.369. The Labute approximate surface area is 134 Å². The molecule has 0 aliphatic carbocycles. The molecule has 0 atom stereocenters. The summed E-state index contributed by atoms with van der Waals surface area (Å²) in [4.78, 5) is 0. The maximum Gasteiger partial charge on any atom is 0.156 e. The van der Waals surface area contributed by atoms with E-state index in [9.17, 15) is 0 Å². The number of nitrogens with two attached hydrogens (primary N) is 1. The maximum absolute atomic E-state index is 6.01. The Hall–Kier alpha value is -1.42. The predicted molar refractivity (Wildman–Crippen MR) is 86.7 cm³/mol. The van der Waals surface area contributed by atoms with Crippen molar-refractivity contribution in [1.82, 2.24) is 0 Å². The molecule has 0 spiro atoms. The summed E-state index contributed by atoms with van der Waals surface area (Å²) in [6, 6.07) is 13.1. The van der Waals surface area contributed by atoms with Crippen LogP contribution in [0, 0.1) is 0 Å². The molecule has 0 fully saturated rings. The Balaban J connectivity index is 1.79. The zero-order valence-electron chi connectivity index (χ0n) is 11.5. The van der Waals surface area contributed by atoms with Gasteiger partial charge in [0.05, 0.1) is 10.0 Å². The fourth-order valence-corrected chi connectivity index (χ4v) is 2.35. The number of para-hydroxylation sites is 1. The largest absolute Gasteiger partial charge is 0.490 e. The molecule has 0 bridgehead atoms. The zero-order chi connectivity index (χ0) is 15.1. The standard InChI is InChI=1S/C16H17Cl2NO2/c17-14-2-1-3-15(18)16(14)21-11-10-20-13-6-4-12(5-7-13)8-9-19/h1-7H,8-11,19H2. The lowest BCUT2D eigenvalue weighted by Gasteiger charge is -2.11. The SMILES string of the molecule is NCCc1ccc(OCCOc2c(Cl)cccc2Cl)cc1. The third-order valence-corrected chi connectivity index (χ3v) is 3.47. The third-order valence-electron chi connectivity index (χ3n) is 2.87. The zero-order valence-corrected chi connectivity index (χ0v) is 13.0. The summed E-state index contributed by atoms with van der Waals surface area (Å²) in [7, 11) is 0. The van der Waals surface area contributed by atoms with E-state index in [-0.39, 0.29) is 0 Å². The molecule has 5 heteroatoms. The van der Waals surface area contributed by atoms with Crippen molar-refractivity contribution in [3.05, 3.63) is 58.1 Å². The van der Waals surface area contributed by atoms with Gasteiger partial charge < -0.3 is 15.2 Å². The van der Waals surface area contributed by atoms with Crippen LogP contribution in [0.3, 0.4) is 0 Å². The first-order chi connectivity index (χ1) is 10.2. The molecule has 0 aliphatic heterocycles. The molecule has 2 rings (SSSR count). The molecule has 0 aliphatic rings. The Bertz CT molecular complexity index is 553. The Morgan fingerprint density at radius 2 is 1.48 bits per heavy atom. The van der Waals surface area contributed by atoms with Gasteiger partial charge in [0, 0.05) is 0 Å². The van der Waals surface area contributed by atoms with Crippen LogP contribution >= 0.6 is 23.2 Å². The third kappa shape index (κ3) is 4.81. The van der Waals surface area contributed by atoms with Gasteiger partial charge in [0.15, 0.2) is 5.75 Å². The van der Waals surface area contributed by atoms with Crippen LogP contribution in [0.25, 0.3) is 0 Å². The Morgan fingerprint density at radius 1 is 0.857 bits per heavy atom. The molecule has 2 N–H and O–H groups in total. The van der Waals surface area contributed by atoms with Gasteiger partial charge in [-0.05, 0) is 42.8 Å². The molecular weight excluding hydrogens is 309 g/mol. The van der Waals surface area contributed by atoms with E-state index >= 15 is 0 Å². The minimum absolute atomic E-state index is 0.369. The molecule has 0 saturated carbocycles. The van der Waals surface area contributed by atoms with Gasteiger partial charge in [-0.2, -0.15) is 0 Å². The molecule has 0 saturated heterocycles. The second kappa shape index (κ2) is 8.13. The summed E-state index contributed by atoms with van der Waals surface area (Å²) in [5, 5.41) is 0.988. The van der Waals surface area contributed by atoms with Crippen LogP contribution in [0.5, 0.6) is 11.5 Å². The highest BCUT2D eigenvalue weighted by Crippen LogP contribution is 2.32. The highest BCUT2D eigenvalue weighted by molar-refractivity contribution is 6.37. The van der Waals surface area contributed by atoms with E-state index in [4.69, 9.17) is 38.4 Å². The van der Waals surface area contributed by atoms with Gasteiger partial charge in [-0.25, -0.2) is 0 Å². The van der Waals surface area contributed by atoms with Gasteiger partial charge in [0.25, 0.3) is 0 Å². The lowest BCUT2D eigenvalue weighted by Crippen LogP contribution is -2.09. The quantitative estimate of drug-likeness (QED) is 0.784. The second-order valence-electron chi connectivity index (χ2n) is 4.43. The average molecular weight is 326 g/mol. The minimum Gasteiger partial charge on any atom is -0.490 e. The van der Waals surface area contributed by atoms with Crippen molar-refractivity contribution in [2.75, 3.05) is 19.8 Å². The van der Waals surface area contributed by atoms with Crippen molar-refractivity contribution in [3.8, 4) is 11.5 Å². The highest BCUT2D eigenvalue weighted by Gasteiger charge is 2.06. The Kier molecular flexibility index (Phi) is 6.18. The summed E-state index contributed by atoms with van der Waals surface area (Å²) in [6.45, 7) is 1.43. The van der Waals surface area contributed by atoms with Crippen LogP contribution in [0.15, 0.2) is 42.5 Å². The normalized spacial score (nSPS) is 10.4. The van der Waals surface area contributed by atoms with Crippen LogP contribution in [-0.4, -0.2) is 19.8 Å². The van der Waals surface area contributed by atoms with Crippen LogP contribution in [0.4, 0.5) is 0 Å². The van der Waals surface area contributed by atoms with E-state index in [2.05, 4.69) is 0 Å². The molecule has 0 unspecified atom stereocenters. The average Bonchev–Trinajstić information content (AvgIpc) is 2.48. The van der Waals surface area contributed by atoms with E-state index in [1.54, 1.807) is 18.2 Å². The summed E-state index contributed by atoms with van der Waals surface area (Å²) in [5.74, 6) is 1.28. The first-order valence-corrected chi connectivity index (χ1v) is 7.45. The van der Waals surface area contributed by atoms with Gasteiger partial charge in [0.2, 0.25) is 0 Å². The number of hydrogen-bond donors (Lipinski definition) is 1. The van der Waals surface area contributed by atoms with Crippen LogP contribution < -0.4 is 15.2 Å². The van der Waals surface area contributed by atoms with Gasteiger partial charge in [0.1, 0.15) is 19.0 Å². The number of hydrogen-bond acceptors (Lipinski definition) is 3. The summed E-state index contributed by atoms with van der Waals surface area (Å²) in [5.41, 5.74) is 6.71. The van der Waals surface area contributed by atoms with Crippen molar-refractivity contribution in [1.29, 1.82) is 0 Å². The van der Waals surface area contributed by atoms with Gasteiger partial charge in [-0.1, -0.05) is 41.4 Å². The number of halogens is 2. The maximum atomic E-state index is 6.01. The van der Waals surface area contributed by atoms with Crippen LogP contribution in [-0.2, 0) is 6.42 Å². The molecular formula is C16H17Cl2NO2. The molecule has 2 aromatic rings. The predicted octanol–water partition coefficient (Wildman–Crippen LogP) is 3.95. The topological polar surface area (TPSA) is 44.5 Å². The van der Waals surface area contributed by atoms with Crippen molar-refractivity contribution < 1.29 is 9.47 Å². The first kappa shape index (κ1) is 16.0. The summed E-state index contributed by atoms with van der Waals surface area (Å²) in [6.07, 6.45) is 0.869. The first-order valence-electron chi connectivity index (χ1n) is 6.69.